The van der Waals surface area contributed by atoms with Gasteiger partial charge in [0.15, 0.2) is 0 Å². The summed E-state index contributed by atoms with van der Waals surface area (Å²) in [4.78, 5) is 2.48. The van der Waals surface area contributed by atoms with Crippen LogP contribution in [-0.4, -0.2) is 13.1 Å². The molecule has 69 valence electrons. The largest absolute Gasteiger partial charge is 0.371 e. The Bertz CT molecular complexity index is 274. The molecule has 1 aromatic carbocycles. The van der Waals surface area contributed by atoms with E-state index >= 15 is 0 Å². The molecule has 1 heteroatoms. The molecule has 0 unspecified atom stereocenters. The zero-order valence-corrected chi connectivity index (χ0v) is 8.16. The molecule has 0 aromatic heterocycles. The van der Waals surface area contributed by atoms with Gasteiger partial charge in [-0.15, -0.1) is 0 Å². The van der Waals surface area contributed by atoms with Gasteiger partial charge in [-0.25, -0.2) is 0 Å². The first-order valence-corrected chi connectivity index (χ1v) is 5.05. The van der Waals surface area contributed by atoms with Gasteiger partial charge >= 0.3 is 0 Å². The molecule has 1 aromatic rings. The van der Waals surface area contributed by atoms with Gasteiger partial charge in [0.2, 0.25) is 0 Å². The van der Waals surface area contributed by atoms with Gasteiger partial charge in [0.05, 0.1) is 0 Å². The van der Waals surface area contributed by atoms with Gasteiger partial charge in [-0.05, 0) is 30.9 Å². The lowest BCUT2D eigenvalue weighted by molar-refractivity contribution is 0.949. The molecular formula is C12H16N. The first-order valence-electron chi connectivity index (χ1n) is 5.05. The summed E-state index contributed by atoms with van der Waals surface area (Å²) in [5, 5.41) is 0. The number of para-hydroxylation sites is 1. The summed E-state index contributed by atoms with van der Waals surface area (Å²) in [6.07, 6.45) is 4.88. The summed E-state index contributed by atoms with van der Waals surface area (Å²) in [6, 6.07) is 8.64. The summed E-state index contributed by atoms with van der Waals surface area (Å²) >= 11 is 0. The average Bonchev–Trinajstić information content (AvgIpc) is 2.70. The minimum Gasteiger partial charge on any atom is -0.371 e. The normalized spacial score (nSPS) is 16.5. The van der Waals surface area contributed by atoms with Crippen molar-refractivity contribution in [2.45, 2.75) is 19.8 Å². The van der Waals surface area contributed by atoms with Crippen molar-refractivity contribution in [3.63, 3.8) is 0 Å². The number of hydrogen-bond acceptors (Lipinski definition) is 1. The fourth-order valence-electron chi connectivity index (χ4n) is 1.98. The van der Waals surface area contributed by atoms with Crippen LogP contribution >= 0.6 is 0 Å². The second-order valence-electron chi connectivity index (χ2n) is 3.54. The lowest BCUT2D eigenvalue weighted by Gasteiger charge is -2.20. The smallest absolute Gasteiger partial charge is 0.0401 e. The molecule has 0 N–H and O–H groups in total. The van der Waals surface area contributed by atoms with E-state index in [1.54, 1.807) is 0 Å². The first-order chi connectivity index (χ1) is 6.42. The Morgan fingerprint density at radius 3 is 2.54 bits per heavy atom. The summed E-state index contributed by atoms with van der Waals surface area (Å²) in [7, 11) is 0. The van der Waals surface area contributed by atoms with Crippen molar-refractivity contribution < 1.29 is 0 Å². The molecule has 1 aliphatic rings. The predicted molar refractivity (Wildman–Crippen MR) is 57.0 cm³/mol. The van der Waals surface area contributed by atoms with E-state index < -0.39 is 0 Å². The van der Waals surface area contributed by atoms with E-state index in [9.17, 15) is 0 Å². The van der Waals surface area contributed by atoms with Crippen LogP contribution in [0.5, 0.6) is 0 Å². The molecule has 1 fully saturated rings. The van der Waals surface area contributed by atoms with Gasteiger partial charge in [-0.1, -0.05) is 25.1 Å². The Hall–Kier alpha value is -0.980. The Morgan fingerprint density at radius 1 is 1.15 bits per heavy atom. The maximum absolute atomic E-state index is 2.48. The minimum absolute atomic E-state index is 1.23. The third-order valence-electron chi connectivity index (χ3n) is 2.69. The molecule has 1 nitrogen and oxygen atoms in total. The van der Waals surface area contributed by atoms with E-state index in [2.05, 4.69) is 42.5 Å². The fraction of sp³-hybridized carbons (Fsp3) is 0.417. The van der Waals surface area contributed by atoms with E-state index in [1.165, 1.54) is 37.2 Å². The summed E-state index contributed by atoms with van der Waals surface area (Å²) < 4.78 is 0. The van der Waals surface area contributed by atoms with Crippen LogP contribution in [0.15, 0.2) is 24.3 Å². The van der Waals surface area contributed by atoms with Crippen LogP contribution in [0.2, 0.25) is 0 Å². The van der Waals surface area contributed by atoms with Crippen LogP contribution in [0.4, 0.5) is 5.69 Å². The third kappa shape index (κ3) is 1.69. The van der Waals surface area contributed by atoms with Gasteiger partial charge in [-0.3, -0.25) is 0 Å². The topological polar surface area (TPSA) is 3.24 Å². The second kappa shape index (κ2) is 3.82. The van der Waals surface area contributed by atoms with Crippen LogP contribution in [0.3, 0.4) is 0 Å². The Kier molecular flexibility index (Phi) is 2.53. The summed E-state index contributed by atoms with van der Waals surface area (Å²) in [5.41, 5.74) is 2.77. The number of rotatable bonds is 2. The third-order valence-corrected chi connectivity index (χ3v) is 2.69. The Morgan fingerprint density at radius 2 is 1.85 bits per heavy atom. The summed E-state index contributed by atoms with van der Waals surface area (Å²) in [5.74, 6) is 0. The molecule has 13 heavy (non-hydrogen) atoms. The van der Waals surface area contributed by atoms with Crippen molar-refractivity contribution in [2.75, 3.05) is 18.0 Å². The highest BCUT2D eigenvalue weighted by Gasteiger charge is 2.13. The van der Waals surface area contributed by atoms with Crippen molar-refractivity contribution in [3.8, 4) is 0 Å². The van der Waals surface area contributed by atoms with Crippen LogP contribution in [0.25, 0.3) is 0 Å². The molecule has 0 spiro atoms. The maximum atomic E-state index is 2.48. The van der Waals surface area contributed by atoms with Crippen LogP contribution in [0, 0.1) is 6.42 Å². The van der Waals surface area contributed by atoms with Gasteiger partial charge in [0, 0.05) is 18.8 Å². The standard InChI is InChI=1S/C12H16N/c1-2-11-7-3-4-8-12(11)13-9-5-6-10-13/h2-4,7-8H,5-6,9-10H2,1H3. The molecule has 2 rings (SSSR count). The highest BCUT2D eigenvalue weighted by Crippen LogP contribution is 2.25. The van der Waals surface area contributed by atoms with Gasteiger partial charge < -0.3 is 4.90 Å². The predicted octanol–water partition coefficient (Wildman–Crippen LogP) is 2.86. The lowest BCUT2D eigenvalue weighted by atomic mass is 10.1. The molecule has 0 amide bonds. The second-order valence-corrected chi connectivity index (χ2v) is 3.54. The van der Waals surface area contributed by atoms with Crippen LogP contribution < -0.4 is 4.90 Å². The molecule has 0 atom stereocenters. The van der Waals surface area contributed by atoms with Crippen molar-refractivity contribution in [1.29, 1.82) is 0 Å². The molecule has 1 saturated heterocycles. The molecular weight excluding hydrogens is 158 g/mol. The molecule has 1 radical (unpaired) electrons. The quantitative estimate of drug-likeness (QED) is 0.666. The van der Waals surface area contributed by atoms with Gasteiger partial charge in [0.25, 0.3) is 0 Å². The van der Waals surface area contributed by atoms with Gasteiger partial charge in [0.1, 0.15) is 0 Å². The highest BCUT2D eigenvalue weighted by molar-refractivity contribution is 5.56. The van der Waals surface area contributed by atoms with Gasteiger partial charge in [-0.2, -0.15) is 0 Å². The van der Waals surface area contributed by atoms with Crippen molar-refractivity contribution in [2.24, 2.45) is 0 Å². The number of anilines is 1. The first kappa shape index (κ1) is 8.61. The molecule has 0 bridgehead atoms. The number of nitrogens with zero attached hydrogens (tertiary/aromatic N) is 1. The van der Waals surface area contributed by atoms with E-state index in [-0.39, 0.29) is 0 Å². The van der Waals surface area contributed by atoms with E-state index in [1.807, 2.05) is 0 Å². The lowest BCUT2D eigenvalue weighted by Crippen LogP contribution is -2.18. The maximum Gasteiger partial charge on any atom is 0.0401 e. The van der Waals surface area contributed by atoms with Crippen LogP contribution in [0.1, 0.15) is 25.3 Å². The molecule has 1 aliphatic heterocycles. The number of benzene rings is 1. The average molecular weight is 174 g/mol. The SMILES string of the molecule is C[CH]c1ccccc1N1CCCC1. The highest BCUT2D eigenvalue weighted by atomic mass is 15.1. The molecule has 0 aliphatic carbocycles. The fourth-order valence-corrected chi connectivity index (χ4v) is 1.98. The Balaban J connectivity index is 2.26. The zero-order valence-electron chi connectivity index (χ0n) is 8.16. The van der Waals surface area contributed by atoms with Crippen molar-refractivity contribution >= 4 is 5.69 Å². The zero-order chi connectivity index (χ0) is 9.10. The van der Waals surface area contributed by atoms with Crippen LogP contribution in [-0.2, 0) is 0 Å². The molecule has 1 heterocycles. The monoisotopic (exact) mass is 174 g/mol. The Labute approximate surface area is 80.4 Å². The summed E-state index contributed by atoms with van der Waals surface area (Å²) in [6.45, 7) is 4.56. The number of hydrogen-bond donors (Lipinski definition) is 0. The molecule has 0 saturated carbocycles. The van der Waals surface area contributed by atoms with Crippen molar-refractivity contribution in [3.05, 3.63) is 36.2 Å². The van der Waals surface area contributed by atoms with Crippen molar-refractivity contribution in [1.82, 2.24) is 0 Å². The minimum atomic E-state index is 1.23. The van der Waals surface area contributed by atoms with E-state index in [0.29, 0.717) is 0 Å². The van der Waals surface area contributed by atoms with E-state index in [4.69, 9.17) is 0 Å². The van der Waals surface area contributed by atoms with E-state index in [0.717, 1.165) is 0 Å².